The number of ether oxygens (including phenoxy) is 1. The zero-order valence-corrected chi connectivity index (χ0v) is 13.3. The minimum Gasteiger partial charge on any atom is -0.375 e. The first-order chi connectivity index (χ1) is 10.6. The third-order valence-corrected chi connectivity index (χ3v) is 5.65. The van der Waals surface area contributed by atoms with Gasteiger partial charge in [0.15, 0.2) is 0 Å². The first-order valence-corrected chi connectivity index (χ1v) is 8.71. The van der Waals surface area contributed by atoms with E-state index in [-0.39, 0.29) is 6.04 Å². The fourth-order valence-corrected chi connectivity index (χ4v) is 3.90. The van der Waals surface area contributed by atoms with E-state index in [0.717, 1.165) is 11.1 Å². The summed E-state index contributed by atoms with van der Waals surface area (Å²) in [5, 5.41) is 0. The van der Waals surface area contributed by atoms with Crippen LogP contribution in [0.2, 0.25) is 0 Å². The number of rotatable bonds is 6. The van der Waals surface area contributed by atoms with Crippen molar-refractivity contribution < 1.29 is 13.2 Å². The van der Waals surface area contributed by atoms with Gasteiger partial charge in [0.1, 0.15) is 0 Å². The highest BCUT2D eigenvalue weighted by Gasteiger charge is 2.44. The van der Waals surface area contributed by atoms with E-state index in [4.69, 9.17) is 4.74 Å². The van der Waals surface area contributed by atoms with Crippen LogP contribution in [0.1, 0.15) is 11.1 Å². The predicted molar refractivity (Wildman–Crippen MR) is 85.0 cm³/mol. The normalized spacial score (nSPS) is 20.8. The lowest BCUT2D eigenvalue weighted by atomic mass is 10.2. The Morgan fingerprint density at radius 3 is 2.45 bits per heavy atom. The zero-order valence-electron chi connectivity index (χ0n) is 12.5. The average molecular weight is 317 g/mol. The van der Waals surface area contributed by atoms with Gasteiger partial charge >= 0.3 is 0 Å². The molecule has 2 aromatic rings. The van der Waals surface area contributed by atoms with E-state index < -0.39 is 10.0 Å². The van der Waals surface area contributed by atoms with Crippen molar-refractivity contribution >= 4 is 10.0 Å². The van der Waals surface area contributed by atoms with Crippen molar-refractivity contribution in [3.8, 4) is 0 Å². The van der Waals surface area contributed by atoms with Crippen LogP contribution >= 0.6 is 0 Å². The van der Waals surface area contributed by atoms with Gasteiger partial charge in [-0.1, -0.05) is 48.0 Å². The van der Waals surface area contributed by atoms with Crippen LogP contribution in [0.3, 0.4) is 0 Å². The summed E-state index contributed by atoms with van der Waals surface area (Å²) < 4.78 is 31.9. The summed E-state index contributed by atoms with van der Waals surface area (Å²) in [6.07, 6.45) is 0. The van der Waals surface area contributed by atoms with Crippen LogP contribution in [0, 0.1) is 6.92 Å². The van der Waals surface area contributed by atoms with Crippen LogP contribution in [0.25, 0.3) is 0 Å². The molecule has 1 heterocycles. The third kappa shape index (κ3) is 3.38. The monoisotopic (exact) mass is 317 g/mol. The number of sulfonamides is 1. The Kier molecular flexibility index (Phi) is 4.29. The van der Waals surface area contributed by atoms with Gasteiger partial charge in [-0.3, -0.25) is 0 Å². The molecule has 3 rings (SSSR count). The minimum absolute atomic E-state index is 0.0463. The topological polar surface area (TPSA) is 46.4 Å². The third-order valence-electron chi connectivity index (χ3n) is 3.71. The predicted octanol–water partition coefficient (Wildman–Crippen LogP) is 2.58. The van der Waals surface area contributed by atoms with Crippen molar-refractivity contribution in [3.05, 3.63) is 65.7 Å². The van der Waals surface area contributed by atoms with Crippen LogP contribution in [-0.4, -0.2) is 31.9 Å². The lowest BCUT2D eigenvalue weighted by molar-refractivity contribution is 0.119. The molecule has 1 unspecified atom stereocenters. The average Bonchev–Trinajstić information content (AvgIpc) is 3.29. The molecule has 0 bridgehead atoms. The molecule has 1 fully saturated rings. The Bertz CT molecular complexity index is 726. The van der Waals surface area contributed by atoms with Gasteiger partial charge in [0.25, 0.3) is 0 Å². The van der Waals surface area contributed by atoms with Crippen molar-refractivity contribution in [2.45, 2.75) is 24.5 Å². The Morgan fingerprint density at radius 2 is 1.77 bits per heavy atom. The molecule has 4 nitrogen and oxygen atoms in total. The van der Waals surface area contributed by atoms with Crippen molar-refractivity contribution in [1.82, 2.24) is 4.31 Å². The molecule has 1 aliphatic rings. The smallest absolute Gasteiger partial charge is 0.243 e. The molecule has 0 spiro atoms. The summed E-state index contributed by atoms with van der Waals surface area (Å²) in [5.74, 6) is 0. The molecule has 0 aliphatic carbocycles. The standard InChI is InChI=1S/C17H19NO3S/c1-14-7-9-17(10-8-14)22(19,20)18-11-16(18)13-21-12-15-5-3-2-4-6-15/h2-10,16H,11-13H2,1H3/t16-,18?/m1/s1. The van der Waals surface area contributed by atoms with Gasteiger partial charge in [-0.25, -0.2) is 8.42 Å². The molecule has 2 atom stereocenters. The highest BCUT2D eigenvalue weighted by molar-refractivity contribution is 7.89. The first kappa shape index (κ1) is 15.2. The summed E-state index contributed by atoms with van der Waals surface area (Å²) in [5.41, 5.74) is 2.14. The molecule has 0 amide bonds. The lowest BCUT2D eigenvalue weighted by Crippen LogP contribution is -2.17. The first-order valence-electron chi connectivity index (χ1n) is 7.27. The Morgan fingerprint density at radius 1 is 1.09 bits per heavy atom. The van der Waals surface area contributed by atoms with E-state index in [2.05, 4.69) is 0 Å². The van der Waals surface area contributed by atoms with E-state index in [1.54, 1.807) is 12.1 Å². The van der Waals surface area contributed by atoms with Gasteiger partial charge in [0.2, 0.25) is 10.0 Å². The Hall–Kier alpha value is -1.69. The van der Waals surface area contributed by atoms with Crippen LogP contribution in [-0.2, 0) is 21.4 Å². The Labute approximate surface area is 131 Å². The van der Waals surface area contributed by atoms with E-state index in [1.165, 1.54) is 4.31 Å². The number of benzene rings is 2. The molecular weight excluding hydrogens is 298 g/mol. The Balaban J connectivity index is 1.54. The number of hydrogen-bond acceptors (Lipinski definition) is 3. The van der Waals surface area contributed by atoms with E-state index in [0.29, 0.717) is 24.7 Å². The minimum atomic E-state index is -3.37. The molecule has 0 radical (unpaired) electrons. The number of hydrogen-bond donors (Lipinski definition) is 0. The number of aryl methyl sites for hydroxylation is 1. The molecular formula is C17H19NO3S. The zero-order chi connectivity index (χ0) is 15.6. The molecule has 116 valence electrons. The SMILES string of the molecule is Cc1ccc(S(=O)(=O)N2C[C@@H]2COCc2ccccc2)cc1. The summed E-state index contributed by atoms with van der Waals surface area (Å²) >= 11 is 0. The molecule has 0 aromatic heterocycles. The second kappa shape index (κ2) is 6.20. The van der Waals surface area contributed by atoms with Gasteiger partial charge in [-0.2, -0.15) is 4.31 Å². The van der Waals surface area contributed by atoms with Gasteiger partial charge in [0, 0.05) is 6.54 Å². The van der Waals surface area contributed by atoms with Crippen molar-refractivity contribution in [2.75, 3.05) is 13.2 Å². The highest BCUT2D eigenvalue weighted by Crippen LogP contribution is 2.28. The maximum Gasteiger partial charge on any atom is 0.243 e. The quantitative estimate of drug-likeness (QED) is 0.769. The molecule has 2 aromatic carbocycles. The van der Waals surface area contributed by atoms with Crippen LogP contribution in [0.5, 0.6) is 0 Å². The molecule has 0 N–H and O–H groups in total. The van der Waals surface area contributed by atoms with Crippen LogP contribution in [0.4, 0.5) is 0 Å². The van der Waals surface area contributed by atoms with Crippen LogP contribution < -0.4 is 0 Å². The van der Waals surface area contributed by atoms with Crippen molar-refractivity contribution in [1.29, 1.82) is 0 Å². The molecule has 1 aliphatic heterocycles. The van der Waals surface area contributed by atoms with Crippen LogP contribution in [0.15, 0.2) is 59.5 Å². The second-order valence-electron chi connectivity index (χ2n) is 5.54. The van der Waals surface area contributed by atoms with Crippen molar-refractivity contribution in [2.24, 2.45) is 0 Å². The largest absolute Gasteiger partial charge is 0.375 e. The summed E-state index contributed by atoms with van der Waals surface area (Å²) in [6.45, 7) is 3.41. The van der Waals surface area contributed by atoms with E-state index in [9.17, 15) is 8.42 Å². The maximum absolute atomic E-state index is 12.4. The second-order valence-corrected chi connectivity index (χ2v) is 7.43. The van der Waals surface area contributed by atoms with Crippen molar-refractivity contribution in [3.63, 3.8) is 0 Å². The fourth-order valence-electron chi connectivity index (χ4n) is 2.32. The highest BCUT2D eigenvalue weighted by atomic mass is 32.2. The van der Waals surface area contributed by atoms with E-state index >= 15 is 0 Å². The van der Waals surface area contributed by atoms with Gasteiger partial charge in [0.05, 0.1) is 24.2 Å². The fraction of sp³-hybridized carbons (Fsp3) is 0.294. The maximum atomic E-state index is 12.4. The summed E-state index contributed by atoms with van der Waals surface area (Å²) in [6, 6.07) is 16.8. The molecule has 1 saturated heterocycles. The van der Waals surface area contributed by atoms with E-state index in [1.807, 2.05) is 49.4 Å². The number of nitrogens with zero attached hydrogens (tertiary/aromatic N) is 1. The van der Waals surface area contributed by atoms with Gasteiger partial charge in [-0.15, -0.1) is 0 Å². The van der Waals surface area contributed by atoms with Gasteiger partial charge < -0.3 is 4.74 Å². The summed E-state index contributed by atoms with van der Waals surface area (Å²) in [7, 11) is -3.37. The summed E-state index contributed by atoms with van der Waals surface area (Å²) in [4.78, 5) is 0.351. The molecule has 22 heavy (non-hydrogen) atoms. The lowest BCUT2D eigenvalue weighted by Gasteiger charge is -2.07. The molecule has 5 heteroatoms. The van der Waals surface area contributed by atoms with Gasteiger partial charge in [-0.05, 0) is 24.6 Å². The molecule has 0 saturated carbocycles.